The topological polar surface area (TPSA) is 0 Å². The van der Waals surface area contributed by atoms with E-state index in [4.69, 9.17) is 0 Å². The molecule has 0 aromatic rings. The Bertz CT molecular complexity index is 186. The monoisotopic (exact) mass is 194 g/mol. The molecule has 0 N–H and O–H groups in total. The van der Waals surface area contributed by atoms with Gasteiger partial charge in [-0.1, -0.05) is 34.1 Å². The van der Waals surface area contributed by atoms with E-state index in [9.17, 15) is 0 Å². The second-order valence-corrected chi connectivity index (χ2v) is 6.24. The largest absolute Gasteiger partial charge is 0.0651 e. The van der Waals surface area contributed by atoms with E-state index in [1.807, 2.05) is 0 Å². The first-order chi connectivity index (χ1) is 6.63. The summed E-state index contributed by atoms with van der Waals surface area (Å²) < 4.78 is 0. The summed E-state index contributed by atoms with van der Waals surface area (Å²) in [5, 5.41) is 0. The van der Waals surface area contributed by atoms with Gasteiger partial charge in [0.25, 0.3) is 0 Å². The van der Waals surface area contributed by atoms with Crippen molar-refractivity contribution in [2.45, 2.75) is 53.4 Å². The summed E-state index contributed by atoms with van der Waals surface area (Å²) in [4.78, 5) is 0. The van der Waals surface area contributed by atoms with Gasteiger partial charge in [-0.05, 0) is 54.8 Å². The summed E-state index contributed by atoms with van der Waals surface area (Å²) in [5.41, 5.74) is 0. The number of fused-ring (bicyclic) bond motifs is 1. The zero-order valence-electron chi connectivity index (χ0n) is 10.3. The van der Waals surface area contributed by atoms with Gasteiger partial charge in [0.2, 0.25) is 0 Å². The third-order valence-corrected chi connectivity index (χ3v) is 4.60. The highest BCUT2D eigenvalue weighted by atomic mass is 14.7. The fraction of sp³-hybridized carbons (Fsp3) is 1.00. The van der Waals surface area contributed by atoms with Gasteiger partial charge in [0.1, 0.15) is 0 Å². The van der Waals surface area contributed by atoms with Crippen molar-refractivity contribution in [1.29, 1.82) is 0 Å². The Kier molecular flexibility index (Phi) is 2.91. The van der Waals surface area contributed by atoms with Gasteiger partial charge in [-0.2, -0.15) is 0 Å². The van der Waals surface area contributed by atoms with Crippen LogP contribution in [0.4, 0.5) is 0 Å². The molecule has 0 amide bonds. The van der Waals surface area contributed by atoms with Crippen LogP contribution in [0.25, 0.3) is 0 Å². The summed E-state index contributed by atoms with van der Waals surface area (Å²) in [7, 11) is 0. The highest BCUT2D eigenvalue weighted by Crippen LogP contribution is 2.70. The summed E-state index contributed by atoms with van der Waals surface area (Å²) in [6.07, 6.45) is 5.96. The summed E-state index contributed by atoms with van der Waals surface area (Å²) in [6, 6.07) is 0. The molecule has 2 aliphatic rings. The first-order valence-electron chi connectivity index (χ1n) is 6.63. The lowest BCUT2D eigenvalue weighted by molar-refractivity contribution is 0.256. The van der Waals surface area contributed by atoms with Crippen LogP contribution >= 0.6 is 0 Å². The van der Waals surface area contributed by atoms with Crippen molar-refractivity contribution in [2.24, 2.45) is 35.5 Å². The molecule has 2 rings (SSSR count). The summed E-state index contributed by atoms with van der Waals surface area (Å²) >= 11 is 0. The predicted molar refractivity (Wildman–Crippen MR) is 62.1 cm³/mol. The maximum Gasteiger partial charge on any atom is -0.0349 e. The van der Waals surface area contributed by atoms with Crippen LogP contribution in [0.3, 0.4) is 0 Å². The van der Waals surface area contributed by atoms with E-state index in [0.29, 0.717) is 0 Å². The van der Waals surface area contributed by atoms with Crippen LogP contribution in [-0.4, -0.2) is 0 Å². The predicted octanol–water partition coefficient (Wildman–Crippen LogP) is 4.35. The Balaban J connectivity index is 1.71. The minimum atomic E-state index is 0.885. The van der Waals surface area contributed by atoms with E-state index in [2.05, 4.69) is 27.7 Å². The first kappa shape index (κ1) is 10.5. The van der Waals surface area contributed by atoms with Crippen molar-refractivity contribution in [3.05, 3.63) is 0 Å². The zero-order chi connectivity index (χ0) is 10.3. The van der Waals surface area contributed by atoms with Gasteiger partial charge in [-0.3, -0.25) is 0 Å². The molecule has 82 valence electrons. The van der Waals surface area contributed by atoms with Gasteiger partial charge >= 0.3 is 0 Å². The van der Waals surface area contributed by atoms with E-state index < -0.39 is 0 Å². The highest BCUT2D eigenvalue weighted by Gasteiger charge is 2.63. The maximum absolute atomic E-state index is 2.49. The van der Waals surface area contributed by atoms with Crippen molar-refractivity contribution in [3.8, 4) is 0 Å². The maximum atomic E-state index is 2.49. The lowest BCUT2D eigenvalue weighted by Gasteiger charge is -2.25. The second kappa shape index (κ2) is 3.87. The lowest BCUT2D eigenvalue weighted by Crippen LogP contribution is -2.15. The van der Waals surface area contributed by atoms with Crippen molar-refractivity contribution in [1.82, 2.24) is 0 Å². The minimum absolute atomic E-state index is 0.885. The molecule has 0 spiro atoms. The van der Waals surface area contributed by atoms with Crippen molar-refractivity contribution < 1.29 is 0 Å². The van der Waals surface area contributed by atoms with E-state index in [-0.39, 0.29) is 0 Å². The Morgan fingerprint density at radius 1 is 1.14 bits per heavy atom. The molecule has 2 fully saturated rings. The average Bonchev–Trinajstić information content (AvgIpc) is 2.98. The van der Waals surface area contributed by atoms with Crippen LogP contribution in [-0.2, 0) is 0 Å². The fourth-order valence-corrected chi connectivity index (χ4v) is 3.29. The van der Waals surface area contributed by atoms with Crippen LogP contribution in [0.5, 0.6) is 0 Å². The molecule has 0 aliphatic heterocycles. The molecular weight excluding hydrogens is 168 g/mol. The number of hydrogen-bond donors (Lipinski definition) is 0. The van der Waals surface area contributed by atoms with Crippen molar-refractivity contribution in [3.63, 3.8) is 0 Å². The van der Waals surface area contributed by atoms with E-state index >= 15 is 0 Å². The molecule has 2 aliphatic carbocycles. The summed E-state index contributed by atoms with van der Waals surface area (Å²) in [6.45, 7) is 9.60. The molecule has 0 radical (unpaired) electrons. The van der Waals surface area contributed by atoms with Gasteiger partial charge in [-0.25, -0.2) is 0 Å². The second-order valence-electron chi connectivity index (χ2n) is 6.24. The standard InChI is InChI=1S/C14H26/c1-5-11(6-9(2)3)10(4)7-12-13-8-14(12)13/h9-14H,5-8H2,1-4H3. The number of rotatable bonds is 6. The molecule has 2 saturated carbocycles. The Morgan fingerprint density at radius 3 is 2.14 bits per heavy atom. The zero-order valence-corrected chi connectivity index (χ0v) is 10.3. The Morgan fingerprint density at radius 2 is 1.79 bits per heavy atom. The third-order valence-electron chi connectivity index (χ3n) is 4.60. The van der Waals surface area contributed by atoms with Crippen LogP contribution in [0.1, 0.15) is 53.4 Å². The molecule has 0 aromatic carbocycles. The number of hydrogen-bond acceptors (Lipinski definition) is 0. The SMILES string of the molecule is CCC(CC(C)C)C(C)CC1C2CC12. The lowest BCUT2D eigenvalue weighted by atomic mass is 9.81. The van der Waals surface area contributed by atoms with Crippen LogP contribution in [0.15, 0.2) is 0 Å². The van der Waals surface area contributed by atoms with E-state index in [0.717, 1.165) is 17.8 Å². The van der Waals surface area contributed by atoms with E-state index in [1.165, 1.54) is 30.6 Å². The molecule has 0 aromatic heterocycles. The van der Waals surface area contributed by atoms with Crippen molar-refractivity contribution >= 4 is 0 Å². The molecule has 14 heavy (non-hydrogen) atoms. The molecule has 0 nitrogen and oxygen atoms in total. The fourth-order valence-electron chi connectivity index (χ4n) is 3.29. The van der Waals surface area contributed by atoms with Crippen LogP contribution < -0.4 is 0 Å². The molecule has 4 atom stereocenters. The summed E-state index contributed by atoms with van der Waals surface area (Å²) in [5.74, 6) is 6.44. The first-order valence-corrected chi connectivity index (χ1v) is 6.63. The normalized spacial score (nSPS) is 37.9. The average molecular weight is 194 g/mol. The molecule has 4 unspecified atom stereocenters. The molecular formula is C14H26. The Labute approximate surface area is 89.5 Å². The molecule has 0 heterocycles. The van der Waals surface area contributed by atoms with Crippen molar-refractivity contribution in [2.75, 3.05) is 0 Å². The Hall–Kier alpha value is 0. The van der Waals surface area contributed by atoms with Crippen LogP contribution in [0.2, 0.25) is 0 Å². The van der Waals surface area contributed by atoms with Gasteiger partial charge in [0.15, 0.2) is 0 Å². The van der Waals surface area contributed by atoms with E-state index in [1.54, 1.807) is 12.8 Å². The van der Waals surface area contributed by atoms with Gasteiger partial charge in [0, 0.05) is 0 Å². The van der Waals surface area contributed by atoms with Gasteiger partial charge < -0.3 is 0 Å². The highest BCUT2D eigenvalue weighted by molar-refractivity contribution is 5.12. The smallest absolute Gasteiger partial charge is 0.0349 e. The quantitative estimate of drug-likeness (QED) is 0.589. The minimum Gasteiger partial charge on any atom is -0.0651 e. The van der Waals surface area contributed by atoms with Crippen LogP contribution in [0, 0.1) is 35.5 Å². The molecule has 0 saturated heterocycles. The molecule has 0 bridgehead atoms. The van der Waals surface area contributed by atoms with Gasteiger partial charge in [0.05, 0.1) is 0 Å². The van der Waals surface area contributed by atoms with Gasteiger partial charge in [-0.15, -0.1) is 0 Å². The third kappa shape index (κ3) is 2.15. The molecule has 0 heteroatoms.